The predicted octanol–water partition coefficient (Wildman–Crippen LogP) is 2.31. The lowest BCUT2D eigenvalue weighted by atomic mass is 9.78. The van der Waals surface area contributed by atoms with Crippen LogP contribution in [-0.2, 0) is 0 Å². The number of aromatic nitrogens is 1. The summed E-state index contributed by atoms with van der Waals surface area (Å²) < 4.78 is 26.3. The number of pyridine rings is 1. The maximum Gasteiger partial charge on any atom is 0.248 e. The Balaban J connectivity index is 2.04. The maximum atomic E-state index is 13.1. The van der Waals surface area contributed by atoms with Gasteiger partial charge in [0, 0.05) is 37.2 Å². The zero-order valence-electron chi connectivity index (χ0n) is 10.8. The molecule has 1 fully saturated rings. The fourth-order valence-electron chi connectivity index (χ4n) is 2.76. The Kier molecular flexibility index (Phi) is 4.47. The first-order chi connectivity index (χ1) is 9.03. The van der Waals surface area contributed by atoms with Gasteiger partial charge in [0.05, 0.1) is 6.10 Å². The van der Waals surface area contributed by atoms with Gasteiger partial charge in [-0.05, 0) is 30.9 Å². The molecule has 106 valence electrons. The minimum atomic E-state index is -2.57. The van der Waals surface area contributed by atoms with Crippen molar-refractivity contribution in [1.29, 1.82) is 0 Å². The molecule has 3 N–H and O–H groups in total. The van der Waals surface area contributed by atoms with Crippen molar-refractivity contribution in [2.75, 3.05) is 6.54 Å². The highest BCUT2D eigenvalue weighted by atomic mass is 19.3. The standard InChI is InChI=1S/C14H20F2N2O/c15-14(16)6-4-10(5-7-14)13(19)11(9-17)12-3-1-2-8-18-12/h1-3,8,10-11,13,19H,4-7,9,17H2. The molecular weight excluding hydrogens is 250 g/mol. The van der Waals surface area contributed by atoms with Crippen molar-refractivity contribution in [3.63, 3.8) is 0 Å². The highest BCUT2D eigenvalue weighted by molar-refractivity contribution is 5.12. The molecule has 0 aromatic carbocycles. The molecular formula is C14H20F2N2O. The van der Waals surface area contributed by atoms with Crippen molar-refractivity contribution in [2.45, 2.75) is 43.6 Å². The Morgan fingerprint density at radius 2 is 2.05 bits per heavy atom. The van der Waals surface area contributed by atoms with Gasteiger partial charge in [0.2, 0.25) is 5.92 Å². The monoisotopic (exact) mass is 270 g/mol. The highest BCUT2D eigenvalue weighted by Crippen LogP contribution is 2.39. The van der Waals surface area contributed by atoms with Crippen LogP contribution in [0.3, 0.4) is 0 Å². The molecule has 0 amide bonds. The molecule has 1 aliphatic carbocycles. The number of rotatable bonds is 4. The van der Waals surface area contributed by atoms with Crippen LogP contribution >= 0.6 is 0 Å². The fourth-order valence-corrected chi connectivity index (χ4v) is 2.76. The second kappa shape index (κ2) is 5.92. The minimum absolute atomic E-state index is 0.116. The number of nitrogens with zero attached hydrogens (tertiary/aromatic N) is 1. The molecule has 0 saturated heterocycles. The molecule has 1 aliphatic rings. The van der Waals surface area contributed by atoms with Crippen LogP contribution in [0, 0.1) is 5.92 Å². The first kappa shape index (κ1) is 14.3. The van der Waals surface area contributed by atoms with E-state index in [-0.39, 0.29) is 31.2 Å². The van der Waals surface area contributed by atoms with Crippen molar-refractivity contribution in [3.8, 4) is 0 Å². The van der Waals surface area contributed by atoms with Gasteiger partial charge in [0.15, 0.2) is 0 Å². The van der Waals surface area contributed by atoms with E-state index in [9.17, 15) is 13.9 Å². The van der Waals surface area contributed by atoms with Crippen LogP contribution in [0.25, 0.3) is 0 Å². The van der Waals surface area contributed by atoms with Gasteiger partial charge in [-0.15, -0.1) is 0 Å². The minimum Gasteiger partial charge on any atom is -0.392 e. The molecule has 2 unspecified atom stereocenters. The number of alkyl halides is 2. The number of nitrogens with two attached hydrogens (primary N) is 1. The number of hydrogen-bond acceptors (Lipinski definition) is 3. The Morgan fingerprint density at radius 3 is 2.58 bits per heavy atom. The smallest absolute Gasteiger partial charge is 0.248 e. The molecule has 5 heteroatoms. The molecule has 2 atom stereocenters. The predicted molar refractivity (Wildman–Crippen MR) is 68.9 cm³/mol. The Hall–Kier alpha value is -1.07. The molecule has 1 saturated carbocycles. The summed E-state index contributed by atoms with van der Waals surface area (Å²) in [5.41, 5.74) is 6.45. The van der Waals surface area contributed by atoms with Crippen LogP contribution in [0.5, 0.6) is 0 Å². The van der Waals surface area contributed by atoms with E-state index >= 15 is 0 Å². The van der Waals surface area contributed by atoms with E-state index in [2.05, 4.69) is 4.98 Å². The average molecular weight is 270 g/mol. The Labute approximate surface area is 111 Å². The molecule has 0 aliphatic heterocycles. The summed E-state index contributed by atoms with van der Waals surface area (Å²) in [4.78, 5) is 4.21. The number of halogens is 2. The van der Waals surface area contributed by atoms with Crippen LogP contribution in [-0.4, -0.2) is 28.7 Å². The van der Waals surface area contributed by atoms with Crippen molar-refractivity contribution < 1.29 is 13.9 Å². The molecule has 1 aromatic rings. The largest absolute Gasteiger partial charge is 0.392 e. The summed E-state index contributed by atoms with van der Waals surface area (Å²) in [5.74, 6) is -2.97. The van der Waals surface area contributed by atoms with E-state index < -0.39 is 12.0 Å². The van der Waals surface area contributed by atoms with Gasteiger partial charge in [-0.1, -0.05) is 6.07 Å². The third kappa shape index (κ3) is 3.48. The van der Waals surface area contributed by atoms with Crippen LogP contribution in [0.15, 0.2) is 24.4 Å². The summed E-state index contributed by atoms with van der Waals surface area (Å²) in [7, 11) is 0. The second-order valence-corrected chi connectivity index (χ2v) is 5.28. The van der Waals surface area contributed by atoms with Gasteiger partial charge >= 0.3 is 0 Å². The van der Waals surface area contributed by atoms with Crippen molar-refractivity contribution >= 4 is 0 Å². The molecule has 0 radical (unpaired) electrons. The summed E-state index contributed by atoms with van der Waals surface area (Å²) in [6.45, 7) is 0.269. The number of aliphatic hydroxyl groups is 1. The Morgan fingerprint density at radius 1 is 1.37 bits per heavy atom. The van der Waals surface area contributed by atoms with Crippen molar-refractivity contribution in [2.24, 2.45) is 11.7 Å². The van der Waals surface area contributed by atoms with Crippen LogP contribution in [0.1, 0.15) is 37.3 Å². The van der Waals surface area contributed by atoms with Gasteiger partial charge in [-0.3, -0.25) is 4.98 Å². The molecule has 2 rings (SSSR count). The molecule has 19 heavy (non-hydrogen) atoms. The lowest BCUT2D eigenvalue weighted by Gasteiger charge is -2.34. The topological polar surface area (TPSA) is 59.1 Å². The fraction of sp³-hybridized carbons (Fsp3) is 0.643. The zero-order chi connectivity index (χ0) is 13.9. The highest BCUT2D eigenvalue weighted by Gasteiger charge is 2.39. The van der Waals surface area contributed by atoms with Gasteiger partial charge < -0.3 is 10.8 Å². The van der Waals surface area contributed by atoms with E-state index in [1.807, 2.05) is 12.1 Å². The van der Waals surface area contributed by atoms with E-state index in [4.69, 9.17) is 5.73 Å². The molecule has 3 nitrogen and oxygen atoms in total. The van der Waals surface area contributed by atoms with Crippen LogP contribution in [0.4, 0.5) is 8.78 Å². The lowest BCUT2D eigenvalue weighted by molar-refractivity contribution is -0.0652. The van der Waals surface area contributed by atoms with E-state index in [1.165, 1.54) is 0 Å². The number of hydrogen-bond donors (Lipinski definition) is 2. The van der Waals surface area contributed by atoms with Gasteiger partial charge in [-0.25, -0.2) is 8.78 Å². The summed E-state index contributed by atoms with van der Waals surface area (Å²) in [6.07, 6.45) is 1.35. The third-order valence-electron chi connectivity index (χ3n) is 3.98. The number of aliphatic hydroxyl groups excluding tert-OH is 1. The van der Waals surface area contributed by atoms with E-state index in [0.29, 0.717) is 12.8 Å². The summed E-state index contributed by atoms with van der Waals surface area (Å²) in [5, 5.41) is 10.4. The molecule has 0 bridgehead atoms. The molecule has 1 heterocycles. The van der Waals surface area contributed by atoms with Gasteiger partial charge in [0.25, 0.3) is 0 Å². The molecule has 1 aromatic heterocycles. The SMILES string of the molecule is NCC(c1ccccn1)C(O)C1CCC(F)(F)CC1. The first-order valence-corrected chi connectivity index (χ1v) is 6.70. The quantitative estimate of drug-likeness (QED) is 0.882. The van der Waals surface area contributed by atoms with Crippen molar-refractivity contribution in [3.05, 3.63) is 30.1 Å². The van der Waals surface area contributed by atoms with E-state index in [0.717, 1.165) is 5.69 Å². The molecule has 0 spiro atoms. The summed E-state index contributed by atoms with van der Waals surface area (Å²) in [6, 6.07) is 5.45. The second-order valence-electron chi connectivity index (χ2n) is 5.28. The average Bonchev–Trinajstić information content (AvgIpc) is 2.40. The van der Waals surface area contributed by atoms with Crippen LogP contribution < -0.4 is 5.73 Å². The van der Waals surface area contributed by atoms with E-state index in [1.54, 1.807) is 12.3 Å². The van der Waals surface area contributed by atoms with Crippen molar-refractivity contribution in [1.82, 2.24) is 4.98 Å². The third-order valence-corrected chi connectivity index (χ3v) is 3.98. The summed E-state index contributed by atoms with van der Waals surface area (Å²) >= 11 is 0. The zero-order valence-corrected chi connectivity index (χ0v) is 10.8. The van der Waals surface area contributed by atoms with Crippen LogP contribution in [0.2, 0.25) is 0 Å². The maximum absolute atomic E-state index is 13.1. The van der Waals surface area contributed by atoms with Gasteiger partial charge in [-0.2, -0.15) is 0 Å². The lowest BCUT2D eigenvalue weighted by Crippen LogP contribution is -2.37. The normalized spacial score (nSPS) is 22.9. The first-order valence-electron chi connectivity index (χ1n) is 6.70. The van der Waals surface area contributed by atoms with Gasteiger partial charge in [0.1, 0.15) is 0 Å². The Bertz CT molecular complexity index is 390.